The number of carbonyl (C=O) groups is 1. The van der Waals surface area contributed by atoms with Crippen molar-refractivity contribution in [3.8, 4) is 0 Å². The number of hydrogen-bond acceptors (Lipinski definition) is 6. The minimum Gasteiger partial charge on any atom is -0.478 e. The van der Waals surface area contributed by atoms with Crippen LogP contribution in [-0.4, -0.2) is 40.7 Å². The van der Waals surface area contributed by atoms with Crippen LogP contribution in [0.3, 0.4) is 0 Å². The molecule has 0 aliphatic carbocycles. The van der Waals surface area contributed by atoms with E-state index < -0.39 is 10.9 Å². The number of pyridine rings is 1. The number of rotatable bonds is 9. The Morgan fingerprint density at radius 3 is 2.95 bits per heavy atom. The van der Waals surface area contributed by atoms with E-state index >= 15 is 0 Å². The van der Waals surface area contributed by atoms with E-state index in [1.807, 2.05) is 0 Å². The van der Waals surface area contributed by atoms with Crippen LogP contribution in [0.15, 0.2) is 24.9 Å². The standard InChI is InChI=1S/C12H15N3O5/c1-2-3-5-20-6-4-13-11-10(15(18)19)7-9(8-14-11)12(16)17/h2,7-8H,1,3-6H2,(H,13,14)(H,16,17). The molecule has 0 fully saturated rings. The van der Waals surface area contributed by atoms with Crippen LogP contribution in [0, 0.1) is 10.1 Å². The molecule has 0 aromatic carbocycles. The smallest absolute Gasteiger partial charge is 0.337 e. The summed E-state index contributed by atoms with van der Waals surface area (Å²) >= 11 is 0. The number of nitrogens with zero attached hydrogens (tertiary/aromatic N) is 2. The van der Waals surface area contributed by atoms with Crippen molar-refractivity contribution in [2.75, 3.05) is 25.1 Å². The Labute approximate surface area is 115 Å². The molecule has 0 spiro atoms. The lowest BCUT2D eigenvalue weighted by Gasteiger charge is -2.07. The van der Waals surface area contributed by atoms with Crippen LogP contribution < -0.4 is 5.32 Å². The summed E-state index contributed by atoms with van der Waals surface area (Å²) in [6, 6.07) is 0.968. The van der Waals surface area contributed by atoms with Gasteiger partial charge in [-0.15, -0.1) is 6.58 Å². The molecular weight excluding hydrogens is 266 g/mol. The SMILES string of the molecule is C=CCCOCCNc1ncc(C(=O)O)cc1[N+](=O)[O-]. The Balaban J connectivity index is 2.62. The highest BCUT2D eigenvalue weighted by Crippen LogP contribution is 2.22. The van der Waals surface area contributed by atoms with Crippen LogP contribution in [0.2, 0.25) is 0 Å². The van der Waals surface area contributed by atoms with Crippen LogP contribution in [0.1, 0.15) is 16.8 Å². The van der Waals surface area contributed by atoms with E-state index in [0.29, 0.717) is 19.8 Å². The van der Waals surface area contributed by atoms with Gasteiger partial charge in [-0.25, -0.2) is 9.78 Å². The van der Waals surface area contributed by atoms with Crippen LogP contribution in [0.4, 0.5) is 11.5 Å². The van der Waals surface area contributed by atoms with Crippen molar-refractivity contribution < 1.29 is 19.6 Å². The number of ether oxygens (including phenoxy) is 1. The second-order valence-electron chi connectivity index (χ2n) is 3.77. The predicted octanol–water partition coefficient (Wildman–Crippen LogP) is 1.69. The van der Waals surface area contributed by atoms with Gasteiger partial charge in [0.05, 0.1) is 23.7 Å². The molecule has 20 heavy (non-hydrogen) atoms. The third kappa shape index (κ3) is 4.65. The Morgan fingerprint density at radius 2 is 2.35 bits per heavy atom. The number of aromatic carboxylic acids is 1. The molecule has 0 saturated heterocycles. The number of nitrogens with one attached hydrogen (secondary N) is 1. The van der Waals surface area contributed by atoms with Crippen LogP contribution in [0.25, 0.3) is 0 Å². The van der Waals surface area contributed by atoms with Gasteiger partial charge in [0.1, 0.15) is 0 Å². The maximum atomic E-state index is 10.9. The highest BCUT2D eigenvalue weighted by molar-refractivity contribution is 5.88. The average molecular weight is 281 g/mol. The summed E-state index contributed by atoms with van der Waals surface area (Å²) in [5, 5.41) is 22.4. The molecule has 0 bridgehead atoms. The molecule has 0 radical (unpaired) electrons. The molecular formula is C12H15N3O5. The van der Waals surface area contributed by atoms with E-state index in [1.165, 1.54) is 0 Å². The van der Waals surface area contributed by atoms with E-state index in [4.69, 9.17) is 9.84 Å². The van der Waals surface area contributed by atoms with Crippen LogP contribution >= 0.6 is 0 Å². The third-order valence-electron chi connectivity index (χ3n) is 2.32. The molecule has 1 heterocycles. The molecule has 8 heteroatoms. The molecule has 0 aliphatic rings. The Bertz CT molecular complexity index is 504. The number of anilines is 1. The molecule has 0 amide bonds. The first kappa shape index (κ1) is 15.6. The summed E-state index contributed by atoms with van der Waals surface area (Å²) in [6.07, 6.45) is 3.52. The van der Waals surface area contributed by atoms with Gasteiger partial charge in [0.15, 0.2) is 0 Å². The fourth-order valence-electron chi connectivity index (χ4n) is 1.36. The highest BCUT2D eigenvalue weighted by atomic mass is 16.6. The lowest BCUT2D eigenvalue weighted by molar-refractivity contribution is -0.384. The topological polar surface area (TPSA) is 115 Å². The van der Waals surface area contributed by atoms with Gasteiger partial charge in [0, 0.05) is 18.8 Å². The first-order valence-corrected chi connectivity index (χ1v) is 5.86. The maximum Gasteiger partial charge on any atom is 0.337 e. The predicted molar refractivity (Wildman–Crippen MR) is 72.0 cm³/mol. The van der Waals surface area contributed by atoms with Crippen LogP contribution in [-0.2, 0) is 4.74 Å². The normalized spacial score (nSPS) is 10.0. The van der Waals surface area contributed by atoms with E-state index in [0.717, 1.165) is 18.7 Å². The highest BCUT2D eigenvalue weighted by Gasteiger charge is 2.18. The van der Waals surface area contributed by atoms with Crippen molar-refractivity contribution in [3.05, 3.63) is 40.6 Å². The molecule has 108 valence electrons. The van der Waals surface area contributed by atoms with Crippen LogP contribution in [0.5, 0.6) is 0 Å². The molecule has 0 unspecified atom stereocenters. The number of nitro groups is 1. The minimum atomic E-state index is -1.26. The second kappa shape index (κ2) is 7.85. The Hall–Kier alpha value is -2.48. The summed E-state index contributed by atoms with van der Waals surface area (Å²) in [7, 11) is 0. The number of carboxylic acids is 1. The van der Waals surface area contributed by atoms with Gasteiger partial charge in [-0.1, -0.05) is 6.08 Å². The van der Waals surface area contributed by atoms with Crippen molar-refractivity contribution in [1.29, 1.82) is 0 Å². The second-order valence-corrected chi connectivity index (χ2v) is 3.77. The molecule has 1 aromatic rings. The first-order valence-electron chi connectivity index (χ1n) is 5.86. The quantitative estimate of drug-likeness (QED) is 0.306. The van der Waals surface area contributed by atoms with Gasteiger partial charge in [0.2, 0.25) is 5.82 Å². The minimum absolute atomic E-state index is 0.0207. The summed E-state index contributed by atoms with van der Waals surface area (Å²) in [6.45, 7) is 4.76. The molecule has 0 atom stereocenters. The Morgan fingerprint density at radius 1 is 1.60 bits per heavy atom. The van der Waals surface area contributed by atoms with Gasteiger partial charge in [-0.2, -0.15) is 0 Å². The van der Waals surface area contributed by atoms with E-state index in [9.17, 15) is 14.9 Å². The third-order valence-corrected chi connectivity index (χ3v) is 2.32. The summed E-state index contributed by atoms with van der Waals surface area (Å²) in [4.78, 5) is 24.7. The monoisotopic (exact) mass is 281 g/mol. The van der Waals surface area contributed by atoms with Gasteiger partial charge in [-0.3, -0.25) is 10.1 Å². The van der Waals surface area contributed by atoms with Gasteiger partial charge in [-0.05, 0) is 6.42 Å². The first-order chi connectivity index (χ1) is 9.56. The van der Waals surface area contributed by atoms with Gasteiger partial charge < -0.3 is 15.2 Å². The summed E-state index contributed by atoms with van der Waals surface area (Å²) < 4.78 is 5.23. The van der Waals surface area contributed by atoms with E-state index in [-0.39, 0.29) is 17.1 Å². The number of carboxylic acid groups (broad SMARTS) is 1. The molecule has 1 aromatic heterocycles. The summed E-state index contributed by atoms with van der Waals surface area (Å²) in [5.41, 5.74) is -0.611. The van der Waals surface area contributed by atoms with Crippen molar-refractivity contribution in [2.24, 2.45) is 0 Å². The zero-order valence-electron chi connectivity index (χ0n) is 10.7. The zero-order chi connectivity index (χ0) is 15.0. The Kier molecular flexibility index (Phi) is 6.11. The van der Waals surface area contributed by atoms with Gasteiger partial charge >= 0.3 is 11.7 Å². The molecule has 2 N–H and O–H groups in total. The zero-order valence-corrected chi connectivity index (χ0v) is 10.7. The lowest BCUT2D eigenvalue weighted by Crippen LogP contribution is -2.13. The maximum absolute atomic E-state index is 10.9. The van der Waals surface area contributed by atoms with Gasteiger partial charge in [0.25, 0.3) is 0 Å². The fraction of sp³-hybridized carbons (Fsp3) is 0.333. The number of hydrogen-bond donors (Lipinski definition) is 2. The molecule has 1 rings (SSSR count). The molecule has 8 nitrogen and oxygen atoms in total. The lowest BCUT2D eigenvalue weighted by atomic mass is 10.2. The van der Waals surface area contributed by atoms with Crippen molar-refractivity contribution in [2.45, 2.75) is 6.42 Å². The fourth-order valence-corrected chi connectivity index (χ4v) is 1.36. The average Bonchev–Trinajstić information content (AvgIpc) is 2.42. The van der Waals surface area contributed by atoms with Crippen molar-refractivity contribution in [3.63, 3.8) is 0 Å². The summed E-state index contributed by atoms with van der Waals surface area (Å²) in [5.74, 6) is -1.24. The molecule has 0 aliphatic heterocycles. The van der Waals surface area contributed by atoms with Crippen molar-refractivity contribution >= 4 is 17.5 Å². The van der Waals surface area contributed by atoms with Crippen molar-refractivity contribution in [1.82, 2.24) is 4.98 Å². The largest absolute Gasteiger partial charge is 0.478 e. The van der Waals surface area contributed by atoms with E-state index in [2.05, 4.69) is 16.9 Å². The number of aromatic nitrogens is 1. The van der Waals surface area contributed by atoms with E-state index in [1.54, 1.807) is 6.08 Å². The molecule has 0 saturated carbocycles.